The van der Waals surface area contributed by atoms with Gasteiger partial charge in [0.15, 0.2) is 6.10 Å². The summed E-state index contributed by atoms with van der Waals surface area (Å²) in [4.78, 5) is 21.7. The van der Waals surface area contributed by atoms with E-state index in [9.17, 15) is 4.79 Å². The lowest BCUT2D eigenvalue weighted by molar-refractivity contribution is -0.132. The van der Waals surface area contributed by atoms with Crippen molar-refractivity contribution in [1.82, 2.24) is 15.3 Å². The topological polar surface area (TPSA) is 67.4 Å². The van der Waals surface area contributed by atoms with E-state index in [4.69, 9.17) is 4.74 Å². The van der Waals surface area contributed by atoms with Gasteiger partial charge < -0.3 is 15.0 Å². The zero-order valence-corrected chi connectivity index (χ0v) is 9.09. The molecule has 0 saturated carbocycles. The molecule has 6 nitrogen and oxygen atoms in total. The van der Waals surface area contributed by atoms with Crippen LogP contribution in [0.5, 0.6) is 0 Å². The molecule has 1 atom stereocenters. The van der Waals surface area contributed by atoms with Crippen molar-refractivity contribution in [3.8, 4) is 0 Å². The second-order valence-electron chi connectivity index (χ2n) is 3.47. The van der Waals surface area contributed by atoms with Crippen LogP contribution in [0.1, 0.15) is 0 Å². The molecule has 0 bridgehead atoms. The lowest BCUT2D eigenvalue weighted by Gasteiger charge is -2.31. The van der Waals surface area contributed by atoms with Gasteiger partial charge in [-0.05, 0) is 6.07 Å². The number of nitrogens with one attached hydrogen (secondary N) is 1. The van der Waals surface area contributed by atoms with Gasteiger partial charge in [0.25, 0.3) is 5.91 Å². The van der Waals surface area contributed by atoms with E-state index in [0.717, 1.165) is 0 Å². The summed E-state index contributed by atoms with van der Waals surface area (Å²) in [6.07, 6.45) is 2.93. The fourth-order valence-corrected chi connectivity index (χ4v) is 1.61. The van der Waals surface area contributed by atoms with Crippen molar-refractivity contribution in [2.45, 2.75) is 6.10 Å². The highest BCUT2D eigenvalue weighted by Crippen LogP contribution is 2.11. The van der Waals surface area contributed by atoms with E-state index in [1.807, 2.05) is 4.90 Å². The fraction of sp³-hybridized carbons (Fsp3) is 0.500. The molecule has 1 amide bonds. The minimum atomic E-state index is -0.442. The van der Waals surface area contributed by atoms with Crippen LogP contribution in [0.25, 0.3) is 0 Å². The Kier molecular flexibility index (Phi) is 3.31. The zero-order chi connectivity index (χ0) is 11.4. The van der Waals surface area contributed by atoms with Gasteiger partial charge >= 0.3 is 0 Å². The highest BCUT2D eigenvalue weighted by atomic mass is 16.5. The number of nitrogens with zero attached hydrogens (tertiary/aromatic N) is 3. The van der Waals surface area contributed by atoms with Crippen molar-refractivity contribution in [2.24, 2.45) is 0 Å². The number of anilines is 1. The standard InChI is InChI=1S/C10H14N4O2/c1-11-9(15)8-7-14(5-6-16-8)10-12-3-2-4-13-10/h2-4,8H,5-7H2,1H3,(H,11,15). The van der Waals surface area contributed by atoms with E-state index in [1.54, 1.807) is 25.5 Å². The summed E-state index contributed by atoms with van der Waals surface area (Å²) in [5, 5.41) is 2.58. The second kappa shape index (κ2) is 4.89. The summed E-state index contributed by atoms with van der Waals surface area (Å²) >= 11 is 0. The Morgan fingerprint density at radius 2 is 2.31 bits per heavy atom. The predicted molar refractivity (Wildman–Crippen MR) is 58.1 cm³/mol. The number of rotatable bonds is 2. The first kappa shape index (κ1) is 10.8. The van der Waals surface area contributed by atoms with Gasteiger partial charge in [-0.1, -0.05) is 0 Å². The first-order chi connectivity index (χ1) is 7.81. The monoisotopic (exact) mass is 222 g/mol. The van der Waals surface area contributed by atoms with E-state index >= 15 is 0 Å². The first-order valence-corrected chi connectivity index (χ1v) is 5.16. The number of morpholine rings is 1. The fourth-order valence-electron chi connectivity index (χ4n) is 1.61. The second-order valence-corrected chi connectivity index (χ2v) is 3.47. The number of carbonyl (C=O) groups is 1. The van der Waals surface area contributed by atoms with Gasteiger partial charge in [0.2, 0.25) is 5.95 Å². The molecule has 1 aliphatic heterocycles. The average Bonchev–Trinajstić information content (AvgIpc) is 2.39. The molecule has 1 N–H and O–H groups in total. The molecule has 0 spiro atoms. The quantitative estimate of drug-likeness (QED) is 0.725. The third-order valence-electron chi connectivity index (χ3n) is 2.44. The molecule has 86 valence electrons. The maximum Gasteiger partial charge on any atom is 0.250 e. The number of aromatic nitrogens is 2. The van der Waals surface area contributed by atoms with Crippen LogP contribution < -0.4 is 10.2 Å². The van der Waals surface area contributed by atoms with E-state index in [0.29, 0.717) is 25.6 Å². The molecule has 0 aromatic carbocycles. The normalized spacial score (nSPS) is 20.6. The van der Waals surface area contributed by atoms with Crippen LogP contribution in [0, 0.1) is 0 Å². The Morgan fingerprint density at radius 3 is 3.00 bits per heavy atom. The van der Waals surface area contributed by atoms with Gasteiger partial charge in [-0.2, -0.15) is 0 Å². The Labute approximate surface area is 93.6 Å². The Balaban J connectivity index is 2.05. The molecule has 1 aliphatic rings. The van der Waals surface area contributed by atoms with Crippen molar-refractivity contribution >= 4 is 11.9 Å². The first-order valence-electron chi connectivity index (χ1n) is 5.16. The minimum Gasteiger partial charge on any atom is -0.365 e. The molecule has 1 unspecified atom stereocenters. The largest absolute Gasteiger partial charge is 0.365 e. The number of amides is 1. The van der Waals surface area contributed by atoms with Crippen LogP contribution in [-0.4, -0.2) is 48.7 Å². The van der Waals surface area contributed by atoms with E-state index < -0.39 is 6.10 Å². The van der Waals surface area contributed by atoms with Crippen molar-refractivity contribution in [3.05, 3.63) is 18.5 Å². The lowest BCUT2D eigenvalue weighted by Crippen LogP contribution is -2.49. The molecule has 0 radical (unpaired) electrons. The van der Waals surface area contributed by atoms with Crippen LogP contribution in [0.15, 0.2) is 18.5 Å². The lowest BCUT2D eigenvalue weighted by atomic mass is 10.2. The van der Waals surface area contributed by atoms with Crippen LogP contribution in [0.3, 0.4) is 0 Å². The van der Waals surface area contributed by atoms with Gasteiger partial charge in [0.1, 0.15) is 0 Å². The summed E-state index contributed by atoms with van der Waals surface area (Å²) in [7, 11) is 1.60. The van der Waals surface area contributed by atoms with E-state index in [2.05, 4.69) is 15.3 Å². The summed E-state index contributed by atoms with van der Waals surface area (Å²) in [5.74, 6) is 0.528. The van der Waals surface area contributed by atoms with Crippen LogP contribution >= 0.6 is 0 Å². The van der Waals surface area contributed by atoms with Gasteiger partial charge in [-0.3, -0.25) is 4.79 Å². The third kappa shape index (κ3) is 2.27. The molecule has 1 aromatic heterocycles. The Hall–Kier alpha value is -1.69. The summed E-state index contributed by atoms with van der Waals surface area (Å²) in [6, 6.07) is 1.76. The minimum absolute atomic E-state index is 0.111. The summed E-state index contributed by atoms with van der Waals surface area (Å²) < 4.78 is 5.37. The number of carbonyl (C=O) groups excluding carboxylic acids is 1. The number of hydrogen-bond acceptors (Lipinski definition) is 5. The van der Waals surface area contributed by atoms with E-state index in [1.165, 1.54) is 0 Å². The highest BCUT2D eigenvalue weighted by Gasteiger charge is 2.26. The van der Waals surface area contributed by atoms with Crippen molar-refractivity contribution in [1.29, 1.82) is 0 Å². The maximum atomic E-state index is 11.4. The smallest absolute Gasteiger partial charge is 0.250 e. The highest BCUT2D eigenvalue weighted by molar-refractivity contribution is 5.81. The van der Waals surface area contributed by atoms with Gasteiger partial charge in [-0.25, -0.2) is 9.97 Å². The molecule has 1 fully saturated rings. The molecule has 6 heteroatoms. The molecule has 16 heavy (non-hydrogen) atoms. The molecule has 0 aliphatic carbocycles. The van der Waals surface area contributed by atoms with Crippen LogP contribution in [0.2, 0.25) is 0 Å². The average molecular weight is 222 g/mol. The summed E-state index contributed by atoms with van der Waals surface area (Å²) in [5.41, 5.74) is 0. The van der Waals surface area contributed by atoms with Gasteiger partial charge in [-0.15, -0.1) is 0 Å². The SMILES string of the molecule is CNC(=O)C1CN(c2ncccn2)CCO1. The van der Waals surface area contributed by atoms with Crippen LogP contribution in [-0.2, 0) is 9.53 Å². The van der Waals surface area contributed by atoms with Gasteiger partial charge in [0.05, 0.1) is 13.2 Å². The molecular formula is C10H14N4O2. The molecular weight excluding hydrogens is 208 g/mol. The van der Waals surface area contributed by atoms with Gasteiger partial charge in [0, 0.05) is 26.0 Å². The molecule has 2 rings (SSSR count). The molecule has 2 heterocycles. The Morgan fingerprint density at radius 1 is 1.56 bits per heavy atom. The maximum absolute atomic E-state index is 11.4. The summed E-state index contributed by atoms with van der Waals surface area (Å²) in [6.45, 7) is 1.71. The zero-order valence-electron chi connectivity index (χ0n) is 9.09. The van der Waals surface area contributed by atoms with Crippen molar-refractivity contribution in [2.75, 3.05) is 31.6 Å². The molecule has 1 saturated heterocycles. The molecule has 1 aromatic rings. The predicted octanol–water partition coefficient (Wildman–Crippen LogP) is -0.572. The number of likely N-dealkylation sites (N-methyl/N-ethyl adjacent to an activating group) is 1. The van der Waals surface area contributed by atoms with Crippen LogP contribution in [0.4, 0.5) is 5.95 Å². The Bertz CT molecular complexity index is 357. The third-order valence-corrected chi connectivity index (χ3v) is 2.44. The number of hydrogen-bond donors (Lipinski definition) is 1. The van der Waals surface area contributed by atoms with Crippen molar-refractivity contribution < 1.29 is 9.53 Å². The van der Waals surface area contributed by atoms with Crippen molar-refractivity contribution in [3.63, 3.8) is 0 Å². The number of ether oxygens (including phenoxy) is 1. The van der Waals surface area contributed by atoms with E-state index in [-0.39, 0.29) is 5.91 Å².